The number of anilines is 1. The van der Waals surface area contributed by atoms with Crippen LogP contribution in [0.15, 0.2) is 6.20 Å². The summed E-state index contributed by atoms with van der Waals surface area (Å²) in [7, 11) is 0. The van der Waals surface area contributed by atoms with E-state index in [9.17, 15) is 0 Å². The maximum atomic E-state index is 5.54. The number of hydrogen-bond donors (Lipinski definition) is 1. The third-order valence-corrected chi connectivity index (χ3v) is 2.96. The lowest BCUT2D eigenvalue weighted by Crippen LogP contribution is -2.14. The van der Waals surface area contributed by atoms with Gasteiger partial charge in [0.25, 0.3) is 0 Å². The van der Waals surface area contributed by atoms with Crippen molar-refractivity contribution in [3.05, 3.63) is 11.9 Å². The van der Waals surface area contributed by atoms with Gasteiger partial charge in [0.15, 0.2) is 0 Å². The van der Waals surface area contributed by atoms with Crippen molar-refractivity contribution in [2.24, 2.45) is 0 Å². The average Bonchev–Trinajstić information content (AvgIpc) is 2.79. The van der Waals surface area contributed by atoms with Gasteiger partial charge in [-0.2, -0.15) is 0 Å². The molecule has 1 aromatic rings. The van der Waals surface area contributed by atoms with E-state index in [0.29, 0.717) is 0 Å². The maximum absolute atomic E-state index is 5.54. The van der Waals surface area contributed by atoms with E-state index in [1.54, 1.807) is 0 Å². The Hall–Kier alpha value is -1.07. The van der Waals surface area contributed by atoms with Crippen LogP contribution in [0.1, 0.15) is 38.8 Å². The van der Waals surface area contributed by atoms with Crippen molar-refractivity contribution in [3.63, 3.8) is 0 Å². The summed E-state index contributed by atoms with van der Waals surface area (Å²) in [6.45, 7) is 11.1. The van der Waals surface area contributed by atoms with E-state index >= 15 is 0 Å². The fourth-order valence-electron chi connectivity index (χ4n) is 1.92. The minimum atomic E-state index is 0.727. The molecule has 0 fully saturated rings. The summed E-state index contributed by atoms with van der Waals surface area (Å²) in [6.07, 6.45) is 5.39. The Morgan fingerprint density at radius 2 is 1.95 bits per heavy atom. The SMILES string of the molecule is CCCCOCCNc1nc(C)cn1CCCOCC. The van der Waals surface area contributed by atoms with Crippen molar-refractivity contribution >= 4 is 5.95 Å². The molecule has 5 nitrogen and oxygen atoms in total. The highest BCUT2D eigenvalue weighted by Crippen LogP contribution is 2.09. The van der Waals surface area contributed by atoms with Crippen LogP contribution < -0.4 is 5.32 Å². The molecule has 0 unspecified atom stereocenters. The lowest BCUT2D eigenvalue weighted by atomic mass is 10.4. The van der Waals surface area contributed by atoms with E-state index in [1.165, 1.54) is 6.42 Å². The fraction of sp³-hybridized carbons (Fsp3) is 0.800. The standard InChI is InChI=1S/C15H29N3O2/c1-4-6-10-20-12-8-16-15-17-14(3)13-18(15)9-7-11-19-5-2/h13H,4-12H2,1-3H3,(H,16,17). The average molecular weight is 283 g/mol. The van der Waals surface area contributed by atoms with Gasteiger partial charge in [0.05, 0.1) is 12.3 Å². The van der Waals surface area contributed by atoms with Crippen LogP contribution >= 0.6 is 0 Å². The Bertz CT molecular complexity index is 353. The number of rotatable bonds is 12. The van der Waals surface area contributed by atoms with Crippen LogP contribution in [-0.2, 0) is 16.0 Å². The van der Waals surface area contributed by atoms with Crippen molar-refractivity contribution < 1.29 is 9.47 Å². The van der Waals surface area contributed by atoms with Gasteiger partial charge in [-0.05, 0) is 26.7 Å². The highest BCUT2D eigenvalue weighted by atomic mass is 16.5. The van der Waals surface area contributed by atoms with Gasteiger partial charge in [-0.1, -0.05) is 13.3 Å². The first-order valence-electron chi connectivity index (χ1n) is 7.71. The van der Waals surface area contributed by atoms with Crippen LogP contribution in [0.5, 0.6) is 0 Å². The molecule has 1 N–H and O–H groups in total. The summed E-state index contributed by atoms with van der Waals surface area (Å²) in [6, 6.07) is 0. The van der Waals surface area contributed by atoms with E-state index < -0.39 is 0 Å². The van der Waals surface area contributed by atoms with Crippen LogP contribution in [0.3, 0.4) is 0 Å². The minimum absolute atomic E-state index is 0.727. The molecule has 0 saturated carbocycles. The fourth-order valence-corrected chi connectivity index (χ4v) is 1.92. The molecule has 0 aliphatic heterocycles. The zero-order valence-corrected chi connectivity index (χ0v) is 13.2. The zero-order valence-electron chi connectivity index (χ0n) is 13.2. The number of nitrogens with zero attached hydrogens (tertiary/aromatic N) is 2. The number of aromatic nitrogens is 2. The molecule has 1 rings (SSSR count). The Kier molecular flexibility index (Phi) is 9.07. The molecule has 0 spiro atoms. The van der Waals surface area contributed by atoms with Crippen molar-refractivity contribution in [2.45, 2.75) is 46.6 Å². The van der Waals surface area contributed by atoms with Gasteiger partial charge in [-0.3, -0.25) is 0 Å². The normalized spacial score (nSPS) is 10.9. The van der Waals surface area contributed by atoms with Gasteiger partial charge < -0.3 is 19.4 Å². The zero-order chi connectivity index (χ0) is 14.6. The predicted molar refractivity (Wildman–Crippen MR) is 82.3 cm³/mol. The summed E-state index contributed by atoms with van der Waals surface area (Å²) < 4.78 is 13.1. The lowest BCUT2D eigenvalue weighted by molar-refractivity contribution is 0.140. The molecule has 5 heteroatoms. The van der Waals surface area contributed by atoms with Crippen LogP contribution in [0.25, 0.3) is 0 Å². The van der Waals surface area contributed by atoms with Gasteiger partial charge >= 0.3 is 0 Å². The summed E-state index contributed by atoms with van der Waals surface area (Å²) in [5.41, 5.74) is 1.04. The molecule has 0 aromatic carbocycles. The minimum Gasteiger partial charge on any atom is -0.382 e. The Labute approximate surface area is 122 Å². The first kappa shape index (κ1) is 17.0. The number of aryl methyl sites for hydroxylation is 2. The lowest BCUT2D eigenvalue weighted by Gasteiger charge is -2.10. The van der Waals surface area contributed by atoms with Gasteiger partial charge in [0.2, 0.25) is 5.95 Å². The quantitative estimate of drug-likeness (QED) is 0.599. The van der Waals surface area contributed by atoms with Gasteiger partial charge in [-0.15, -0.1) is 0 Å². The van der Waals surface area contributed by atoms with E-state index in [0.717, 1.165) is 64.0 Å². The first-order valence-corrected chi connectivity index (χ1v) is 7.71. The van der Waals surface area contributed by atoms with E-state index in [-0.39, 0.29) is 0 Å². The van der Waals surface area contributed by atoms with E-state index in [4.69, 9.17) is 9.47 Å². The number of unbranched alkanes of at least 4 members (excludes halogenated alkanes) is 1. The molecule has 0 atom stereocenters. The molecule has 0 radical (unpaired) electrons. The second-order valence-corrected chi connectivity index (χ2v) is 4.84. The van der Waals surface area contributed by atoms with Crippen molar-refractivity contribution in [1.82, 2.24) is 9.55 Å². The topological polar surface area (TPSA) is 48.3 Å². The van der Waals surface area contributed by atoms with Gasteiger partial charge in [-0.25, -0.2) is 4.98 Å². The van der Waals surface area contributed by atoms with Gasteiger partial charge in [0, 0.05) is 39.1 Å². The first-order chi connectivity index (χ1) is 9.77. The van der Waals surface area contributed by atoms with Crippen LogP contribution in [0.4, 0.5) is 5.95 Å². The largest absolute Gasteiger partial charge is 0.382 e. The summed E-state index contributed by atoms with van der Waals surface area (Å²) in [4.78, 5) is 4.50. The molecule has 20 heavy (non-hydrogen) atoms. The Morgan fingerprint density at radius 3 is 2.70 bits per heavy atom. The Balaban J connectivity index is 2.26. The second-order valence-electron chi connectivity index (χ2n) is 4.84. The molecule has 0 amide bonds. The highest BCUT2D eigenvalue weighted by molar-refractivity contribution is 5.28. The molecule has 1 aromatic heterocycles. The predicted octanol–water partition coefficient (Wildman–Crippen LogP) is 2.85. The molecular formula is C15H29N3O2. The Morgan fingerprint density at radius 1 is 1.15 bits per heavy atom. The van der Waals surface area contributed by atoms with E-state index in [2.05, 4.69) is 28.0 Å². The van der Waals surface area contributed by atoms with Crippen LogP contribution in [-0.4, -0.2) is 42.5 Å². The third-order valence-electron chi connectivity index (χ3n) is 2.96. The molecule has 1 heterocycles. The molecule has 0 aliphatic rings. The second kappa shape index (κ2) is 10.7. The van der Waals surface area contributed by atoms with Crippen molar-refractivity contribution in [2.75, 3.05) is 38.3 Å². The smallest absolute Gasteiger partial charge is 0.203 e. The van der Waals surface area contributed by atoms with Crippen molar-refractivity contribution in [3.8, 4) is 0 Å². The van der Waals surface area contributed by atoms with Crippen LogP contribution in [0.2, 0.25) is 0 Å². The van der Waals surface area contributed by atoms with Crippen molar-refractivity contribution in [1.29, 1.82) is 0 Å². The molecule has 0 saturated heterocycles. The van der Waals surface area contributed by atoms with Crippen LogP contribution in [0, 0.1) is 6.92 Å². The maximum Gasteiger partial charge on any atom is 0.203 e. The number of ether oxygens (including phenoxy) is 2. The molecule has 116 valence electrons. The van der Waals surface area contributed by atoms with Gasteiger partial charge in [0.1, 0.15) is 0 Å². The summed E-state index contributed by atoms with van der Waals surface area (Å²) >= 11 is 0. The number of nitrogens with one attached hydrogen (secondary N) is 1. The molecular weight excluding hydrogens is 254 g/mol. The molecule has 0 aliphatic carbocycles. The molecule has 0 bridgehead atoms. The highest BCUT2D eigenvalue weighted by Gasteiger charge is 2.04. The number of hydrogen-bond acceptors (Lipinski definition) is 4. The third kappa shape index (κ3) is 6.91. The summed E-state index contributed by atoms with van der Waals surface area (Å²) in [5.74, 6) is 0.929. The number of imidazole rings is 1. The monoisotopic (exact) mass is 283 g/mol. The van der Waals surface area contributed by atoms with E-state index in [1.807, 2.05) is 13.8 Å². The summed E-state index contributed by atoms with van der Waals surface area (Å²) in [5, 5.41) is 3.34.